The molecule has 8 heteroatoms. The van der Waals surface area contributed by atoms with Gasteiger partial charge in [-0.3, -0.25) is 5.10 Å². The van der Waals surface area contributed by atoms with Gasteiger partial charge in [-0.15, -0.1) is 10.2 Å². The Hall–Kier alpha value is -3.00. The van der Waals surface area contributed by atoms with Crippen molar-refractivity contribution in [3.8, 4) is 34.0 Å². The number of benzene rings is 1. The highest BCUT2D eigenvalue weighted by Crippen LogP contribution is 2.32. The van der Waals surface area contributed by atoms with Gasteiger partial charge in [-0.1, -0.05) is 6.07 Å². The monoisotopic (exact) mass is 356 g/mol. The Morgan fingerprint density at radius 2 is 2.12 bits per heavy atom. The van der Waals surface area contributed by atoms with Crippen molar-refractivity contribution < 1.29 is 19.0 Å². The molecule has 1 saturated heterocycles. The minimum absolute atomic E-state index is 0.0348. The molecule has 3 aromatic rings. The Balaban J connectivity index is 1.51. The summed E-state index contributed by atoms with van der Waals surface area (Å²) in [5.41, 5.74) is 2.75. The van der Waals surface area contributed by atoms with Crippen LogP contribution >= 0.6 is 0 Å². The molecule has 0 saturated carbocycles. The fourth-order valence-corrected chi connectivity index (χ4v) is 2.83. The summed E-state index contributed by atoms with van der Waals surface area (Å²) in [6.07, 6.45) is 2.14. The third-order valence-corrected chi connectivity index (χ3v) is 4.24. The lowest BCUT2D eigenvalue weighted by Crippen LogP contribution is -2.38. The van der Waals surface area contributed by atoms with E-state index in [4.69, 9.17) is 9.47 Å². The van der Waals surface area contributed by atoms with Crippen molar-refractivity contribution in [1.82, 2.24) is 20.4 Å². The Bertz CT molecular complexity index is 871. The standard InChI is InChI=1S/C18H17FN4O3/c19-14-10-25-6-5-17(14)26-18-4-3-15(22-23-18)13-2-1-11(7-16(13)24)12-8-20-21-9-12/h1-4,7-9,14,17,24H,5-6,10H2,(H,20,21)/t14-,17+/m0/s1. The Morgan fingerprint density at radius 1 is 1.19 bits per heavy atom. The highest BCUT2D eigenvalue weighted by atomic mass is 19.1. The van der Waals surface area contributed by atoms with Crippen molar-refractivity contribution in [2.75, 3.05) is 13.2 Å². The second kappa shape index (κ2) is 7.09. The number of H-pyrrole nitrogens is 1. The smallest absolute Gasteiger partial charge is 0.233 e. The summed E-state index contributed by atoms with van der Waals surface area (Å²) < 4.78 is 24.4. The Kier molecular flexibility index (Phi) is 4.49. The van der Waals surface area contributed by atoms with Crippen LogP contribution in [0.25, 0.3) is 22.4 Å². The van der Waals surface area contributed by atoms with Crippen molar-refractivity contribution in [2.24, 2.45) is 0 Å². The van der Waals surface area contributed by atoms with E-state index in [2.05, 4.69) is 20.4 Å². The second-order valence-electron chi connectivity index (χ2n) is 6.01. The highest BCUT2D eigenvalue weighted by Gasteiger charge is 2.27. The van der Waals surface area contributed by atoms with E-state index in [0.29, 0.717) is 24.3 Å². The fraction of sp³-hybridized carbons (Fsp3) is 0.278. The number of aromatic nitrogens is 4. The zero-order valence-electron chi connectivity index (χ0n) is 13.8. The van der Waals surface area contributed by atoms with E-state index < -0.39 is 12.3 Å². The van der Waals surface area contributed by atoms with Gasteiger partial charge in [0.25, 0.3) is 0 Å². The molecule has 26 heavy (non-hydrogen) atoms. The summed E-state index contributed by atoms with van der Waals surface area (Å²) >= 11 is 0. The minimum Gasteiger partial charge on any atom is -0.507 e. The van der Waals surface area contributed by atoms with Gasteiger partial charge in [0.2, 0.25) is 5.88 Å². The molecular weight excluding hydrogens is 339 g/mol. The largest absolute Gasteiger partial charge is 0.507 e. The maximum atomic E-state index is 13.7. The van der Waals surface area contributed by atoms with Crippen LogP contribution in [0.1, 0.15) is 6.42 Å². The number of halogens is 1. The van der Waals surface area contributed by atoms with Crippen LogP contribution in [0, 0.1) is 0 Å². The van der Waals surface area contributed by atoms with Crippen LogP contribution in [-0.4, -0.2) is 51.0 Å². The minimum atomic E-state index is -1.18. The van der Waals surface area contributed by atoms with E-state index >= 15 is 0 Å². The van der Waals surface area contributed by atoms with E-state index in [1.54, 1.807) is 36.7 Å². The maximum Gasteiger partial charge on any atom is 0.233 e. The molecule has 1 aromatic carbocycles. The average molecular weight is 356 g/mol. The summed E-state index contributed by atoms with van der Waals surface area (Å²) in [5.74, 6) is 0.331. The van der Waals surface area contributed by atoms with E-state index in [0.717, 1.165) is 11.1 Å². The van der Waals surface area contributed by atoms with E-state index in [9.17, 15) is 9.50 Å². The number of rotatable bonds is 4. The SMILES string of the molecule is Oc1cc(-c2cn[nH]c2)ccc1-c1ccc(O[C@@H]2CCOC[C@@H]2F)nn1. The first-order valence-electron chi connectivity index (χ1n) is 8.25. The van der Waals surface area contributed by atoms with Crippen LogP contribution in [0.5, 0.6) is 11.6 Å². The lowest BCUT2D eigenvalue weighted by molar-refractivity contribution is -0.0399. The van der Waals surface area contributed by atoms with Gasteiger partial charge in [0.1, 0.15) is 11.9 Å². The average Bonchev–Trinajstić information content (AvgIpc) is 3.19. The summed E-state index contributed by atoms with van der Waals surface area (Å²) in [6, 6.07) is 8.57. The summed E-state index contributed by atoms with van der Waals surface area (Å²) in [6.45, 7) is 0.501. The first-order chi connectivity index (χ1) is 12.7. The first-order valence-corrected chi connectivity index (χ1v) is 8.25. The van der Waals surface area contributed by atoms with Gasteiger partial charge < -0.3 is 14.6 Å². The zero-order chi connectivity index (χ0) is 17.9. The number of hydrogen-bond acceptors (Lipinski definition) is 6. The topological polar surface area (TPSA) is 93.2 Å². The fourth-order valence-electron chi connectivity index (χ4n) is 2.83. The van der Waals surface area contributed by atoms with E-state index in [-0.39, 0.29) is 18.2 Å². The maximum absolute atomic E-state index is 13.7. The predicted molar refractivity (Wildman–Crippen MR) is 91.5 cm³/mol. The van der Waals surface area contributed by atoms with Crippen LogP contribution in [0.15, 0.2) is 42.7 Å². The molecule has 0 unspecified atom stereocenters. The lowest BCUT2D eigenvalue weighted by Gasteiger charge is -2.26. The summed E-state index contributed by atoms with van der Waals surface area (Å²) in [7, 11) is 0. The van der Waals surface area contributed by atoms with Gasteiger partial charge in [0.15, 0.2) is 6.17 Å². The predicted octanol–water partition coefficient (Wildman–Crippen LogP) is 2.75. The molecular formula is C18H17FN4O3. The lowest BCUT2D eigenvalue weighted by atomic mass is 10.0. The molecule has 3 heterocycles. The molecule has 2 atom stereocenters. The number of hydrogen-bond donors (Lipinski definition) is 2. The normalized spacial score (nSPS) is 20.0. The van der Waals surface area contributed by atoms with Crippen LogP contribution in [0.3, 0.4) is 0 Å². The highest BCUT2D eigenvalue weighted by molar-refractivity contribution is 5.73. The van der Waals surface area contributed by atoms with Gasteiger partial charge in [0.05, 0.1) is 25.1 Å². The number of alkyl halides is 1. The van der Waals surface area contributed by atoms with Crippen molar-refractivity contribution in [3.05, 3.63) is 42.7 Å². The van der Waals surface area contributed by atoms with Gasteiger partial charge in [-0.05, 0) is 23.8 Å². The molecule has 1 aliphatic rings. The van der Waals surface area contributed by atoms with Gasteiger partial charge in [-0.2, -0.15) is 5.10 Å². The summed E-state index contributed by atoms with van der Waals surface area (Å²) in [4.78, 5) is 0. The molecule has 4 rings (SSSR count). The molecule has 0 aliphatic carbocycles. The van der Waals surface area contributed by atoms with Gasteiger partial charge >= 0.3 is 0 Å². The van der Waals surface area contributed by atoms with Crippen LogP contribution in [0.4, 0.5) is 4.39 Å². The number of nitrogens with one attached hydrogen (secondary N) is 1. The molecule has 2 N–H and O–H groups in total. The number of phenols is 1. The molecule has 2 aromatic heterocycles. The first kappa shape index (κ1) is 16.5. The van der Waals surface area contributed by atoms with Gasteiger partial charge in [-0.25, -0.2) is 4.39 Å². The van der Waals surface area contributed by atoms with Crippen LogP contribution in [0.2, 0.25) is 0 Å². The third kappa shape index (κ3) is 3.36. The molecule has 1 aliphatic heterocycles. The molecule has 134 valence electrons. The molecule has 0 bridgehead atoms. The van der Waals surface area contributed by atoms with Crippen molar-refractivity contribution in [1.29, 1.82) is 0 Å². The number of phenolic OH excluding ortho intramolecular Hbond substituents is 1. The molecule has 1 fully saturated rings. The number of ether oxygens (including phenoxy) is 2. The Labute approximate surface area is 148 Å². The zero-order valence-corrected chi connectivity index (χ0v) is 13.8. The molecule has 0 spiro atoms. The Morgan fingerprint density at radius 3 is 2.81 bits per heavy atom. The van der Waals surface area contributed by atoms with Crippen molar-refractivity contribution in [3.63, 3.8) is 0 Å². The molecule has 0 radical (unpaired) electrons. The quantitative estimate of drug-likeness (QED) is 0.747. The van der Waals surface area contributed by atoms with Crippen LogP contribution < -0.4 is 4.74 Å². The molecule has 7 nitrogen and oxygen atoms in total. The van der Waals surface area contributed by atoms with Crippen molar-refractivity contribution >= 4 is 0 Å². The number of aromatic amines is 1. The van der Waals surface area contributed by atoms with Crippen LogP contribution in [-0.2, 0) is 4.74 Å². The molecule has 0 amide bonds. The van der Waals surface area contributed by atoms with Crippen molar-refractivity contribution in [2.45, 2.75) is 18.7 Å². The number of aromatic hydroxyl groups is 1. The second-order valence-corrected chi connectivity index (χ2v) is 6.01. The summed E-state index contributed by atoms with van der Waals surface area (Å²) in [5, 5.41) is 25.0. The van der Waals surface area contributed by atoms with E-state index in [1.807, 2.05) is 6.07 Å². The third-order valence-electron chi connectivity index (χ3n) is 4.24. The van der Waals surface area contributed by atoms with Gasteiger partial charge in [0, 0.05) is 29.8 Å². The van der Waals surface area contributed by atoms with E-state index in [1.165, 1.54) is 0 Å². The number of nitrogens with zero attached hydrogens (tertiary/aromatic N) is 3.